The van der Waals surface area contributed by atoms with Crippen LogP contribution in [0.1, 0.15) is 34.2 Å². The van der Waals surface area contributed by atoms with Gasteiger partial charge in [0.05, 0.1) is 17.1 Å². The fourth-order valence-electron chi connectivity index (χ4n) is 2.95. The van der Waals surface area contributed by atoms with E-state index < -0.39 is 18.0 Å². The minimum atomic E-state index is -0.987. The predicted octanol–water partition coefficient (Wildman–Crippen LogP) is 3.80. The molecule has 7 nitrogen and oxygen atoms in total. The molecule has 0 bridgehead atoms. The van der Waals surface area contributed by atoms with Gasteiger partial charge in [-0.3, -0.25) is 9.48 Å². The standard InChI is InChI=1S/C23H25N3O4/c1-15-21(16(2)26(4)25-15)24-22(27)17(3)30-23(28)19-12-8-9-13-20(19)29-14-18-10-6-5-7-11-18/h5-13,17H,14H2,1-4H3,(H,24,27)/t17-/m0/s1. The van der Waals surface area contributed by atoms with E-state index in [-0.39, 0.29) is 5.56 Å². The minimum Gasteiger partial charge on any atom is -0.488 e. The molecule has 0 fully saturated rings. The lowest BCUT2D eigenvalue weighted by atomic mass is 10.2. The lowest BCUT2D eigenvalue weighted by Crippen LogP contribution is -2.30. The van der Waals surface area contributed by atoms with Gasteiger partial charge in [0.25, 0.3) is 5.91 Å². The summed E-state index contributed by atoms with van der Waals surface area (Å²) >= 11 is 0. The van der Waals surface area contributed by atoms with Gasteiger partial charge in [0.15, 0.2) is 6.10 Å². The maximum Gasteiger partial charge on any atom is 0.342 e. The Morgan fingerprint density at radius 2 is 1.73 bits per heavy atom. The number of ether oxygens (including phenoxy) is 2. The Morgan fingerprint density at radius 3 is 2.40 bits per heavy atom. The number of carbonyl (C=O) groups excluding carboxylic acids is 2. The molecule has 2 aromatic carbocycles. The molecule has 0 aliphatic heterocycles. The summed E-state index contributed by atoms with van der Waals surface area (Å²) < 4.78 is 12.9. The number of aryl methyl sites for hydroxylation is 2. The molecule has 0 saturated heterocycles. The van der Waals surface area contributed by atoms with Crippen molar-refractivity contribution in [3.63, 3.8) is 0 Å². The quantitative estimate of drug-likeness (QED) is 0.603. The van der Waals surface area contributed by atoms with Crippen LogP contribution < -0.4 is 10.1 Å². The number of aromatic nitrogens is 2. The van der Waals surface area contributed by atoms with Crippen molar-refractivity contribution in [1.82, 2.24) is 9.78 Å². The summed E-state index contributed by atoms with van der Waals surface area (Å²) in [5, 5.41) is 7.05. The summed E-state index contributed by atoms with van der Waals surface area (Å²) in [4.78, 5) is 25.2. The zero-order valence-electron chi connectivity index (χ0n) is 17.5. The smallest absolute Gasteiger partial charge is 0.342 e. The Morgan fingerprint density at radius 1 is 1.07 bits per heavy atom. The second-order valence-corrected chi connectivity index (χ2v) is 6.98. The van der Waals surface area contributed by atoms with Crippen molar-refractivity contribution >= 4 is 17.6 Å². The van der Waals surface area contributed by atoms with Crippen LogP contribution in [0.25, 0.3) is 0 Å². The first kappa shape index (κ1) is 21.1. The molecule has 30 heavy (non-hydrogen) atoms. The Kier molecular flexibility index (Phi) is 6.51. The summed E-state index contributed by atoms with van der Waals surface area (Å²) in [5.74, 6) is -0.649. The molecular weight excluding hydrogens is 382 g/mol. The van der Waals surface area contributed by atoms with Gasteiger partial charge >= 0.3 is 5.97 Å². The first-order chi connectivity index (χ1) is 14.4. The summed E-state index contributed by atoms with van der Waals surface area (Å²) in [6.45, 7) is 5.51. The maximum atomic E-state index is 12.7. The van der Waals surface area contributed by atoms with E-state index in [1.54, 1.807) is 42.9 Å². The van der Waals surface area contributed by atoms with Gasteiger partial charge in [-0.1, -0.05) is 42.5 Å². The normalized spacial score (nSPS) is 11.6. The second-order valence-electron chi connectivity index (χ2n) is 6.98. The van der Waals surface area contributed by atoms with Crippen LogP contribution in [0.3, 0.4) is 0 Å². The number of esters is 1. The number of benzene rings is 2. The van der Waals surface area contributed by atoms with Gasteiger partial charge in [-0.05, 0) is 38.5 Å². The van der Waals surface area contributed by atoms with Gasteiger partial charge in [-0.2, -0.15) is 5.10 Å². The minimum absolute atomic E-state index is 0.266. The van der Waals surface area contributed by atoms with E-state index in [9.17, 15) is 9.59 Å². The maximum absolute atomic E-state index is 12.7. The van der Waals surface area contributed by atoms with Gasteiger partial charge in [-0.15, -0.1) is 0 Å². The van der Waals surface area contributed by atoms with Crippen LogP contribution in [-0.4, -0.2) is 27.8 Å². The number of rotatable bonds is 7. The van der Waals surface area contributed by atoms with Gasteiger partial charge in [0.1, 0.15) is 17.9 Å². The highest BCUT2D eigenvalue weighted by Crippen LogP contribution is 2.22. The van der Waals surface area contributed by atoms with Crippen molar-refractivity contribution < 1.29 is 19.1 Å². The largest absolute Gasteiger partial charge is 0.488 e. The summed E-state index contributed by atoms with van der Waals surface area (Å²) in [6, 6.07) is 16.5. The van der Waals surface area contributed by atoms with Gasteiger partial charge in [0, 0.05) is 7.05 Å². The monoisotopic (exact) mass is 407 g/mol. The van der Waals surface area contributed by atoms with E-state index in [2.05, 4.69) is 10.4 Å². The van der Waals surface area contributed by atoms with E-state index in [1.165, 1.54) is 6.92 Å². The molecule has 3 aromatic rings. The highest BCUT2D eigenvalue weighted by molar-refractivity contribution is 5.98. The molecular formula is C23H25N3O4. The van der Waals surface area contributed by atoms with Crippen molar-refractivity contribution in [2.24, 2.45) is 7.05 Å². The summed E-state index contributed by atoms with van der Waals surface area (Å²) in [7, 11) is 1.80. The highest BCUT2D eigenvalue weighted by atomic mass is 16.5. The Hall–Kier alpha value is -3.61. The molecule has 0 radical (unpaired) electrons. The van der Waals surface area contributed by atoms with Crippen molar-refractivity contribution in [2.75, 3.05) is 5.32 Å². The first-order valence-electron chi connectivity index (χ1n) is 9.64. The molecule has 1 heterocycles. The Balaban J connectivity index is 1.65. The van der Waals surface area contributed by atoms with Crippen LogP contribution >= 0.6 is 0 Å². The van der Waals surface area contributed by atoms with Gasteiger partial charge in [0.2, 0.25) is 0 Å². The predicted molar refractivity (Wildman–Crippen MR) is 113 cm³/mol. The topological polar surface area (TPSA) is 82.5 Å². The van der Waals surface area contributed by atoms with Crippen molar-refractivity contribution in [3.05, 3.63) is 77.1 Å². The summed E-state index contributed by atoms with van der Waals surface area (Å²) in [5.41, 5.74) is 3.38. The van der Waals surface area contributed by atoms with E-state index >= 15 is 0 Å². The fraction of sp³-hybridized carbons (Fsp3) is 0.261. The number of nitrogens with one attached hydrogen (secondary N) is 1. The van der Waals surface area contributed by atoms with E-state index in [0.29, 0.717) is 23.7 Å². The summed E-state index contributed by atoms with van der Waals surface area (Å²) in [6.07, 6.45) is -0.987. The van der Waals surface area contributed by atoms with Crippen LogP contribution in [0, 0.1) is 13.8 Å². The number of anilines is 1. The first-order valence-corrected chi connectivity index (χ1v) is 9.64. The van der Waals surface area contributed by atoms with E-state index in [0.717, 1.165) is 11.3 Å². The van der Waals surface area contributed by atoms with Gasteiger partial charge in [-0.25, -0.2) is 4.79 Å². The number of para-hydroxylation sites is 1. The molecule has 1 atom stereocenters. The molecule has 0 spiro atoms. The molecule has 7 heteroatoms. The van der Waals surface area contributed by atoms with Crippen LogP contribution in [0.4, 0.5) is 5.69 Å². The highest BCUT2D eigenvalue weighted by Gasteiger charge is 2.23. The zero-order valence-corrected chi connectivity index (χ0v) is 17.5. The SMILES string of the molecule is Cc1nn(C)c(C)c1NC(=O)[C@H](C)OC(=O)c1ccccc1OCc1ccccc1. The number of nitrogens with zero attached hydrogens (tertiary/aromatic N) is 2. The van der Waals surface area contributed by atoms with E-state index in [1.807, 2.05) is 37.3 Å². The number of amides is 1. The van der Waals surface area contributed by atoms with Crippen molar-refractivity contribution in [2.45, 2.75) is 33.5 Å². The molecule has 156 valence electrons. The third-order valence-electron chi connectivity index (χ3n) is 4.75. The lowest BCUT2D eigenvalue weighted by molar-refractivity contribution is -0.123. The van der Waals surface area contributed by atoms with Crippen molar-refractivity contribution in [3.8, 4) is 5.75 Å². The Labute approximate surface area is 175 Å². The van der Waals surface area contributed by atoms with Gasteiger partial charge < -0.3 is 14.8 Å². The lowest BCUT2D eigenvalue weighted by Gasteiger charge is -2.15. The molecule has 0 unspecified atom stereocenters. The average molecular weight is 407 g/mol. The zero-order chi connectivity index (χ0) is 21.7. The van der Waals surface area contributed by atoms with Crippen LogP contribution in [0.5, 0.6) is 5.75 Å². The van der Waals surface area contributed by atoms with Crippen LogP contribution in [0.2, 0.25) is 0 Å². The van der Waals surface area contributed by atoms with Crippen molar-refractivity contribution in [1.29, 1.82) is 0 Å². The number of hydrogen-bond donors (Lipinski definition) is 1. The average Bonchev–Trinajstić information content (AvgIpc) is 2.99. The molecule has 1 aromatic heterocycles. The van der Waals surface area contributed by atoms with Crippen LogP contribution in [0.15, 0.2) is 54.6 Å². The molecule has 1 N–H and O–H groups in total. The molecule has 0 aliphatic rings. The third-order valence-corrected chi connectivity index (χ3v) is 4.75. The molecule has 1 amide bonds. The number of hydrogen-bond acceptors (Lipinski definition) is 5. The second kappa shape index (κ2) is 9.26. The fourth-order valence-corrected chi connectivity index (χ4v) is 2.95. The third kappa shape index (κ3) is 4.86. The Bertz CT molecular complexity index is 1040. The molecule has 3 rings (SSSR count). The van der Waals surface area contributed by atoms with Crippen LogP contribution in [-0.2, 0) is 23.2 Å². The van der Waals surface area contributed by atoms with E-state index in [4.69, 9.17) is 9.47 Å². The number of carbonyl (C=O) groups is 2. The molecule has 0 aliphatic carbocycles. The molecule has 0 saturated carbocycles.